The van der Waals surface area contributed by atoms with Crippen LogP contribution in [0.5, 0.6) is 5.75 Å². The van der Waals surface area contributed by atoms with Crippen molar-refractivity contribution in [3.05, 3.63) is 29.3 Å². The van der Waals surface area contributed by atoms with Gasteiger partial charge in [-0.25, -0.2) is 0 Å². The summed E-state index contributed by atoms with van der Waals surface area (Å²) < 4.78 is 5.45. The molecule has 1 aromatic carbocycles. The molecule has 5 nitrogen and oxygen atoms in total. The van der Waals surface area contributed by atoms with E-state index < -0.39 is 0 Å². The third-order valence-corrected chi connectivity index (χ3v) is 4.82. The molecule has 0 amide bonds. The zero-order valence-corrected chi connectivity index (χ0v) is 15.6. The lowest BCUT2D eigenvalue weighted by Gasteiger charge is -2.24. The number of rotatable bonds is 7. The molecule has 0 spiro atoms. The summed E-state index contributed by atoms with van der Waals surface area (Å²) >= 11 is 0. The van der Waals surface area contributed by atoms with Gasteiger partial charge in [-0.2, -0.15) is 0 Å². The Balaban J connectivity index is 1.76. The molecule has 0 bridgehead atoms. The van der Waals surface area contributed by atoms with Crippen LogP contribution in [0.15, 0.2) is 23.2 Å². The average molecular weight is 332 g/mol. The summed E-state index contributed by atoms with van der Waals surface area (Å²) in [7, 11) is 5.75. The second-order valence-electron chi connectivity index (χ2n) is 6.59. The van der Waals surface area contributed by atoms with E-state index >= 15 is 0 Å². The first-order valence-corrected chi connectivity index (χ1v) is 8.92. The van der Waals surface area contributed by atoms with E-state index in [9.17, 15) is 0 Å². The van der Waals surface area contributed by atoms with Gasteiger partial charge >= 0.3 is 0 Å². The molecule has 24 heavy (non-hydrogen) atoms. The first-order valence-electron chi connectivity index (χ1n) is 8.92. The number of hydrogen-bond acceptors (Lipinski definition) is 3. The van der Waals surface area contributed by atoms with Crippen molar-refractivity contribution in [2.45, 2.75) is 45.2 Å². The van der Waals surface area contributed by atoms with Gasteiger partial charge in [0, 0.05) is 38.3 Å². The van der Waals surface area contributed by atoms with Gasteiger partial charge in [-0.15, -0.1) is 0 Å². The fourth-order valence-corrected chi connectivity index (χ4v) is 3.28. The van der Waals surface area contributed by atoms with Gasteiger partial charge in [0.15, 0.2) is 5.96 Å². The fourth-order valence-electron chi connectivity index (χ4n) is 3.28. The Bertz CT molecular complexity index is 538. The van der Waals surface area contributed by atoms with Crippen LogP contribution in [-0.4, -0.2) is 51.2 Å². The Kier molecular flexibility index (Phi) is 7.37. The highest BCUT2D eigenvalue weighted by Gasteiger charge is 2.18. The first kappa shape index (κ1) is 18.6. The van der Waals surface area contributed by atoms with Crippen molar-refractivity contribution in [2.75, 3.05) is 34.3 Å². The fraction of sp³-hybridized carbons (Fsp3) is 0.632. The molecule has 1 aliphatic rings. The second-order valence-corrected chi connectivity index (χ2v) is 6.59. The molecule has 0 radical (unpaired) electrons. The molecule has 2 N–H and O–H groups in total. The molecule has 0 aromatic heterocycles. The molecule has 5 heteroatoms. The van der Waals surface area contributed by atoms with Crippen molar-refractivity contribution >= 4 is 5.96 Å². The summed E-state index contributed by atoms with van der Waals surface area (Å²) in [6.45, 7) is 4.71. The van der Waals surface area contributed by atoms with E-state index in [0.717, 1.165) is 36.4 Å². The molecule has 0 saturated heterocycles. The normalized spacial score (nSPS) is 15.8. The quantitative estimate of drug-likeness (QED) is 0.595. The summed E-state index contributed by atoms with van der Waals surface area (Å²) in [6.07, 6.45) is 5.45. The van der Waals surface area contributed by atoms with Crippen molar-refractivity contribution in [2.24, 2.45) is 4.99 Å². The lowest BCUT2D eigenvalue weighted by molar-refractivity contribution is 0.249. The van der Waals surface area contributed by atoms with E-state index in [4.69, 9.17) is 4.74 Å². The van der Waals surface area contributed by atoms with Crippen LogP contribution >= 0.6 is 0 Å². The molecule has 1 saturated carbocycles. The number of hydrogen-bond donors (Lipinski definition) is 2. The highest BCUT2D eigenvalue weighted by atomic mass is 16.5. The van der Waals surface area contributed by atoms with Crippen LogP contribution in [-0.2, 0) is 6.54 Å². The number of nitrogens with one attached hydrogen (secondary N) is 2. The number of nitrogens with zero attached hydrogens (tertiary/aromatic N) is 2. The topological polar surface area (TPSA) is 48.9 Å². The largest absolute Gasteiger partial charge is 0.496 e. The van der Waals surface area contributed by atoms with Gasteiger partial charge in [0.05, 0.1) is 7.11 Å². The van der Waals surface area contributed by atoms with E-state index in [-0.39, 0.29) is 0 Å². The Morgan fingerprint density at radius 3 is 2.71 bits per heavy atom. The molecule has 0 atom stereocenters. The molecule has 1 fully saturated rings. The number of aliphatic imine (C=N–C) groups is 1. The number of methoxy groups -OCH3 is 1. The summed E-state index contributed by atoms with van der Waals surface area (Å²) in [4.78, 5) is 6.77. The molecular formula is C19H32N4O. The molecule has 1 aromatic rings. The maximum Gasteiger partial charge on any atom is 0.191 e. The standard InChI is InChI=1S/C19H32N4O/c1-15-9-10-16(18(13-15)24-4)14-22-19(20-2)21-11-12-23(3)17-7-5-6-8-17/h9-10,13,17H,5-8,11-12,14H2,1-4H3,(H2,20,21,22). The molecule has 134 valence electrons. The predicted molar refractivity (Wildman–Crippen MR) is 101 cm³/mol. The van der Waals surface area contributed by atoms with Crippen molar-refractivity contribution < 1.29 is 4.74 Å². The molecule has 0 aliphatic heterocycles. The zero-order chi connectivity index (χ0) is 17.4. The minimum Gasteiger partial charge on any atom is -0.496 e. The van der Waals surface area contributed by atoms with Gasteiger partial charge in [0.2, 0.25) is 0 Å². The van der Waals surface area contributed by atoms with Crippen LogP contribution < -0.4 is 15.4 Å². The molecule has 2 rings (SSSR count). The highest BCUT2D eigenvalue weighted by Crippen LogP contribution is 2.22. The Morgan fingerprint density at radius 2 is 2.04 bits per heavy atom. The van der Waals surface area contributed by atoms with Crippen LogP contribution in [0.2, 0.25) is 0 Å². The van der Waals surface area contributed by atoms with Crippen LogP contribution in [0.1, 0.15) is 36.8 Å². The zero-order valence-electron chi connectivity index (χ0n) is 15.6. The van der Waals surface area contributed by atoms with Gasteiger partial charge in [-0.05, 0) is 38.4 Å². The predicted octanol–water partition coefficient (Wildman–Crippen LogP) is 2.54. The minimum atomic E-state index is 0.696. The molecule has 0 heterocycles. The van der Waals surface area contributed by atoms with Crippen molar-refractivity contribution in [1.82, 2.24) is 15.5 Å². The second kappa shape index (κ2) is 9.52. The van der Waals surface area contributed by atoms with E-state index in [2.05, 4.69) is 52.7 Å². The Morgan fingerprint density at radius 1 is 1.29 bits per heavy atom. The number of likely N-dealkylation sites (N-methyl/N-ethyl adjacent to an activating group) is 1. The van der Waals surface area contributed by atoms with E-state index in [1.54, 1.807) is 7.11 Å². The molecular weight excluding hydrogens is 300 g/mol. The lowest BCUT2D eigenvalue weighted by Crippen LogP contribution is -2.42. The van der Waals surface area contributed by atoms with Gasteiger partial charge in [0.25, 0.3) is 0 Å². The van der Waals surface area contributed by atoms with Gasteiger partial charge in [0.1, 0.15) is 5.75 Å². The smallest absolute Gasteiger partial charge is 0.191 e. The third kappa shape index (κ3) is 5.41. The summed E-state index contributed by atoms with van der Waals surface area (Å²) in [5.41, 5.74) is 2.34. The van der Waals surface area contributed by atoms with Crippen molar-refractivity contribution in [3.8, 4) is 5.75 Å². The number of aryl methyl sites for hydroxylation is 1. The maximum atomic E-state index is 5.45. The van der Waals surface area contributed by atoms with Crippen molar-refractivity contribution in [3.63, 3.8) is 0 Å². The monoisotopic (exact) mass is 332 g/mol. The van der Waals surface area contributed by atoms with Crippen LogP contribution in [0.4, 0.5) is 0 Å². The highest BCUT2D eigenvalue weighted by molar-refractivity contribution is 5.79. The number of benzene rings is 1. The van der Waals surface area contributed by atoms with E-state index in [0.29, 0.717) is 6.54 Å². The van der Waals surface area contributed by atoms with E-state index in [1.807, 2.05) is 7.05 Å². The first-order chi connectivity index (χ1) is 11.6. The van der Waals surface area contributed by atoms with Crippen molar-refractivity contribution in [1.29, 1.82) is 0 Å². The van der Waals surface area contributed by atoms with Crippen LogP contribution in [0, 0.1) is 6.92 Å². The van der Waals surface area contributed by atoms with Crippen LogP contribution in [0.25, 0.3) is 0 Å². The van der Waals surface area contributed by atoms with Gasteiger partial charge < -0.3 is 20.3 Å². The van der Waals surface area contributed by atoms with Crippen LogP contribution in [0.3, 0.4) is 0 Å². The average Bonchev–Trinajstić information content (AvgIpc) is 3.13. The SMILES string of the molecule is CN=C(NCCN(C)C1CCCC1)NCc1ccc(C)cc1OC. The summed E-state index contributed by atoms with van der Waals surface area (Å²) in [5.74, 6) is 1.75. The summed E-state index contributed by atoms with van der Waals surface area (Å²) in [5, 5.41) is 6.76. The summed E-state index contributed by atoms with van der Waals surface area (Å²) in [6, 6.07) is 7.02. The number of guanidine groups is 1. The Labute approximate surface area is 146 Å². The van der Waals surface area contributed by atoms with Gasteiger partial charge in [-0.1, -0.05) is 25.0 Å². The minimum absolute atomic E-state index is 0.696. The molecule has 0 unspecified atom stereocenters. The maximum absolute atomic E-state index is 5.45. The lowest BCUT2D eigenvalue weighted by atomic mass is 10.1. The number of ether oxygens (including phenoxy) is 1. The Hall–Kier alpha value is -1.75. The van der Waals surface area contributed by atoms with E-state index in [1.165, 1.54) is 31.2 Å². The third-order valence-electron chi connectivity index (χ3n) is 4.82. The molecule has 1 aliphatic carbocycles. The van der Waals surface area contributed by atoms with Gasteiger partial charge in [-0.3, -0.25) is 4.99 Å².